The largest absolute Gasteiger partial charge is 0.490 e. The molecule has 4 rings (SSSR count). The lowest BCUT2D eigenvalue weighted by atomic mass is 10.2. The summed E-state index contributed by atoms with van der Waals surface area (Å²) in [6.07, 6.45) is 4.71. The smallest absolute Gasteiger partial charge is 0.488 e. The topological polar surface area (TPSA) is 330 Å². The third-order valence-corrected chi connectivity index (χ3v) is 12.3. The SMILES string of the molecule is C=CCOCOC1C[C@H](n2cc(C#CCNC(=O)COC(COc3cccc(C(=O)NCCCCC)c3)OCC=C)c3c(N)ncnc32)O[C@@H]1COP(=O)(O)OP(=O)(O)OP(=O)(O)O. The lowest BCUT2D eigenvalue weighted by molar-refractivity contribution is -0.162. The summed E-state index contributed by atoms with van der Waals surface area (Å²) in [5.41, 5.74) is 7.24. The zero-order valence-corrected chi connectivity index (χ0v) is 37.3. The number of hydrogen-bond acceptors (Lipinski definition) is 17. The number of unbranched alkanes of at least 4 members (excludes halogenated alkanes) is 2. The molecule has 1 fully saturated rings. The zero-order valence-electron chi connectivity index (χ0n) is 34.6. The fourth-order valence-corrected chi connectivity index (χ4v) is 8.78. The van der Waals surface area contributed by atoms with Crippen LogP contribution in [0.3, 0.4) is 0 Å². The first-order chi connectivity index (χ1) is 30.4. The average Bonchev–Trinajstić information content (AvgIpc) is 3.82. The molecule has 4 unspecified atom stereocenters. The van der Waals surface area contributed by atoms with Crippen LogP contribution in [0.25, 0.3) is 11.0 Å². The van der Waals surface area contributed by atoms with Crippen LogP contribution in [0.4, 0.5) is 5.82 Å². The quantitative estimate of drug-likeness (QED) is 0.0181. The van der Waals surface area contributed by atoms with Crippen molar-refractivity contribution in [2.24, 2.45) is 0 Å². The molecule has 1 saturated heterocycles. The Morgan fingerprint density at radius 3 is 2.58 bits per heavy atom. The van der Waals surface area contributed by atoms with Gasteiger partial charge in [-0.15, -0.1) is 13.2 Å². The van der Waals surface area contributed by atoms with Gasteiger partial charge in [0.05, 0.1) is 43.4 Å². The molecule has 1 aromatic carbocycles. The van der Waals surface area contributed by atoms with Crippen molar-refractivity contribution in [2.45, 2.75) is 57.3 Å². The van der Waals surface area contributed by atoms with Gasteiger partial charge in [0.1, 0.15) is 55.9 Å². The fourth-order valence-electron chi connectivity index (χ4n) is 5.75. The number of carbonyl (C=O) groups excluding carboxylic acids is 2. The van der Waals surface area contributed by atoms with Crippen LogP contribution >= 0.6 is 23.5 Å². The van der Waals surface area contributed by atoms with Crippen LogP contribution < -0.4 is 21.1 Å². The monoisotopic (exact) mass is 960 g/mol. The molecule has 1 aliphatic heterocycles. The predicted molar refractivity (Wildman–Crippen MR) is 226 cm³/mol. The predicted octanol–water partition coefficient (Wildman–Crippen LogP) is 3.20. The summed E-state index contributed by atoms with van der Waals surface area (Å²) in [7, 11) is -16.9. The van der Waals surface area contributed by atoms with Crippen LogP contribution in [0.5, 0.6) is 5.75 Å². The van der Waals surface area contributed by atoms with Crippen molar-refractivity contribution in [2.75, 3.05) is 58.7 Å². The number of nitrogen functional groups attached to an aromatic ring is 1. The van der Waals surface area contributed by atoms with Gasteiger partial charge in [-0.25, -0.2) is 23.7 Å². The lowest BCUT2D eigenvalue weighted by Gasteiger charge is -2.21. The van der Waals surface area contributed by atoms with Crippen molar-refractivity contribution in [3.63, 3.8) is 0 Å². The van der Waals surface area contributed by atoms with Crippen molar-refractivity contribution in [1.29, 1.82) is 0 Å². The molecule has 0 radical (unpaired) electrons. The van der Waals surface area contributed by atoms with Crippen molar-refractivity contribution in [3.8, 4) is 17.6 Å². The second-order valence-corrected chi connectivity index (χ2v) is 17.8. The molecule has 6 atom stereocenters. The van der Waals surface area contributed by atoms with Gasteiger partial charge in [-0.3, -0.25) is 14.1 Å². The molecule has 0 bridgehead atoms. The van der Waals surface area contributed by atoms with Crippen LogP contribution in [0.1, 0.15) is 54.8 Å². The first kappa shape index (κ1) is 52.3. The maximum Gasteiger partial charge on any atom is 0.490 e. The summed E-state index contributed by atoms with van der Waals surface area (Å²) in [5.74, 6) is 5.47. The van der Waals surface area contributed by atoms with Crippen molar-refractivity contribution < 1.29 is 84.4 Å². The minimum Gasteiger partial charge on any atom is -0.488 e. The molecule has 64 heavy (non-hydrogen) atoms. The highest BCUT2D eigenvalue weighted by Crippen LogP contribution is 2.66. The molecule has 1 aliphatic rings. The number of fused-ring (bicyclic) bond motifs is 1. The summed E-state index contributed by atoms with van der Waals surface area (Å²) >= 11 is 0. The van der Waals surface area contributed by atoms with Crippen LogP contribution in [0, 0.1) is 11.8 Å². The minimum atomic E-state index is -5.77. The number of aromatic nitrogens is 3. The first-order valence-corrected chi connectivity index (χ1v) is 23.9. The number of phosphoric ester groups is 1. The number of carbonyl (C=O) groups is 2. The molecule has 352 valence electrons. The summed E-state index contributed by atoms with van der Waals surface area (Å²) in [6, 6.07) is 6.63. The van der Waals surface area contributed by atoms with Gasteiger partial charge < -0.3 is 68.9 Å². The standard InChI is InChI=1S/C37H51N6O18P3/c1-4-7-8-14-40-37(45)26-11-9-13-28(18-26)55-23-33(54-17-6-3)56-22-31(44)39-15-10-12-27-20-43(36-34(27)35(38)41-24-42-36)32-19-29(57-25-53-16-5-2)30(59-32)21-58-63(49,50)61-64(51,52)60-62(46,47)48/h5-6,9,11,13,18,20,24,29-30,32-33H,2-4,7-8,14-17,19,21-23,25H2,1H3,(H,39,44)(H,40,45)(H,49,50)(H,51,52)(H2,38,41,42)(H2,46,47,48)/t29?,30-,32-,33?/m1/s1. The Morgan fingerprint density at radius 2 is 1.84 bits per heavy atom. The lowest BCUT2D eigenvalue weighted by Crippen LogP contribution is -2.33. The van der Waals surface area contributed by atoms with Gasteiger partial charge in [-0.1, -0.05) is 49.8 Å². The van der Waals surface area contributed by atoms with E-state index < -0.39 is 67.3 Å². The van der Waals surface area contributed by atoms with Crippen LogP contribution in [-0.2, 0) is 55.3 Å². The number of nitrogens with zero attached hydrogens (tertiary/aromatic N) is 3. The number of ether oxygens (including phenoxy) is 6. The Morgan fingerprint density at radius 1 is 1.06 bits per heavy atom. The van der Waals surface area contributed by atoms with E-state index >= 15 is 0 Å². The number of phosphoric acid groups is 3. The molecule has 2 aromatic heterocycles. The van der Waals surface area contributed by atoms with Gasteiger partial charge in [-0.2, -0.15) is 8.62 Å². The van der Waals surface area contributed by atoms with Gasteiger partial charge in [0, 0.05) is 24.7 Å². The molecule has 0 saturated carbocycles. The number of nitrogens with one attached hydrogen (secondary N) is 2. The van der Waals surface area contributed by atoms with Crippen LogP contribution in [-0.4, -0.2) is 117 Å². The van der Waals surface area contributed by atoms with Crippen LogP contribution in [0.15, 0.2) is 62.1 Å². The molecule has 3 aromatic rings. The highest BCUT2D eigenvalue weighted by Gasteiger charge is 2.44. The van der Waals surface area contributed by atoms with E-state index in [9.17, 15) is 33.1 Å². The zero-order chi connectivity index (χ0) is 46.8. The Bertz CT molecular complexity index is 2260. The number of anilines is 1. The van der Waals surface area contributed by atoms with Crippen LogP contribution in [0.2, 0.25) is 0 Å². The summed E-state index contributed by atoms with van der Waals surface area (Å²) in [6.45, 7) is 8.31. The van der Waals surface area contributed by atoms with Crippen molar-refractivity contribution in [3.05, 3.63) is 73.2 Å². The Kier molecular flexibility index (Phi) is 20.7. The number of benzene rings is 1. The molecule has 0 aliphatic carbocycles. The Hall–Kier alpha value is -4.37. The Balaban J connectivity index is 1.38. The molecular formula is C37H51N6O18P3. The molecule has 27 heteroatoms. The maximum atomic E-state index is 12.7. The minimum absolute atomic E-state index is 0.0454. The number of rotatable bonds is 28. The van der Waals surface area contributed by atoms with E-state index in [1.807, 2.05) is 0 Å². The van der Waals surface area contributed by atoms with Gasteiger partial charge >= 0.3 is 23.5 Å². The number of hydrogen-bond donors (Lipinski definition) is 7. The first-order valence-electron chi connectivity index (χ1n) is 19.4. The van der Waals surface area contributed by atoms with E-state index in [1.165, 1.54) is 18.5 Å². The highest BCUT2D eigenvalue weighted by molar-refractivity contribution is 7.66. The fraction of sp³-hybridized carbons (Fsp3) is 0.459. The highest BCUT2D eigenvalue weighted by atomic mass is 31.3. The average molecular weight is 961 g/mol. The van der Waals surface area contributed by atoms with E-state index in [2.05, 4.69) is 61.1 Å². The normalized spacial score (nSPS) is 18.5. The van der Waals surface area contributed by atoms with E-state index in [4.69, 9.17) is 48.5 Å². The van der Waals surface area contributed by atoms with Gasteiger partial charge in [0.25, 0.3) is 5.91 Å². The van der Waals surface area contributed by atoms with Crippen molar-refractivity contribution in [1.82, 2.24) is 25.2 Å². The maximum absolute atomic E-state index is 12.7. The van der Waals surface area contributed by atoms with E-state index in [0.717, 1.165) is 19.3 Å². The second kappa shape index (κ2) is 25.4. The van der Waals surface area contributed by atoms with Gasteiger partial charge in [-0.05, 0) is 24.6 Å². The summed E-state index contributed by atoms with van der Waals surface area (Å²) < 4.78 is 83.4. The molecule has 2 amide bonds. The summed E-state index contributed by atoms with van der Waals surface area (Å²) in [5, 5.41) is 5.84. The Labute approximate surface area is 367 Å². The molecule has 3 heterocycles. The molecule has 0 spiro atoms. The van der Waals surface area contributed by atoms with E-state index in [-0.39, 0.29) is 57.0 Å². The van der Waals surface area contributed by atoms with Gasteiger partial charge in [0.15, 0.2) is 6.29 Å². The summed E-state index contributed by atoms with van der Waals surface area (Å²) in [4.78, 5) is 70.8. The number of amides is 2. The third kappa shape index (κ3) is 17.5. The third-order valence-electron chi connectivity index (χ3n) is 8.49. The number of nitrogens with two attached hydrogens (primary N) is 1. The van der Waals surface area contributed by atoms with E-state index in [0.29, 0.717) is 28.8 Å². The molecular weight excluding hydrogens is 909 g/mol. The van der Waals surface area contributed by atoms with Gasteiger partial charge in [0.2, 0.25) is 5.91 Å². The van der Waals surface area contributed by atoms with E-state index in [1.54, 1.807) is 35.0 Å². The molecule has 24 nitrogen and oxygen atoms in total. The molecule has 8 N–H and O–H groups in total. The second-order valence-electron chi connectivity index (χ2n) is 13.4. The van der Waals surface area contributed by atoms with Crippen molar-refractivity contribution >= 4 is 52.1 Å².